The molecule has 0 saturated carbocycles. The van der Waals surface area contributed by atoms with Crippen molar-refractivity contribution in [3.05, 3.63) is 65.1 Å². The zero-order chi connectivity index (χ0) is 23.3. The molecule has 1 aromatic heterocycles. The lowest BCUT2D eigenvalue weighted by Gasteiger charge is -2.18. The lowest BCUT2D eigenvalue weighted by molar-refractivity contribution is -0.110. The molecule has 5 rings (SSSR count). The highest BCUT2D eigenvalue weighted by molar-refractivity contribution is 6.49. The number of carbonyl (C=O) groups is 1. The van der Waals surface area contributed by atoms with Crippen LogP contribution >= 0.6 is 0 Å². The predicted molar refractivity (Wildman–Crippen MR) is 137 cm³/mol. The Balaban J connectivity index is 1.33. The van der Waals surface area contributed by atoms with E-state index in [9.17, 15) is 4.79 Å². The number of fused-ring (bicyclic) bond motifs is 1. The van der Waals surface area contributed by atoms with Crippen LogP contribution in [0.5, 0.6) is 0 Å². The van der Waals surface area contributed by atoms with Gasteiger partial charge >= 0.3 is 0 Å². The number of carbonyl (C=O) groups excluding carboxylic acids is 1. The Morgan fingerprint density at radius 2 is 2.03 bits per heavy atom. The normalized spacial score (nSPS) is 20.3. The molecule has 1 aromatic carbocycles. The Bertz CT molecular complexity index is 1130. The van der Waals surface area contributed by atoms with Crippen molar-refractivity contribution in [2.24, 2.45) is 21.6 Å². The van der Waals surface area contributed by atoms with E-state index in [1.54, 1.807) is 6.20 Å². The van der Waals surface area contributed by atoms with E-state index in [0.29, 0.717) is 24.5 Å². The van der Waals surface area contributed by atoms with Gasteiger partial charge in [0.1, 0.15) is 5.71 Å². The smallest absolute Gasteiger partial charge is 0.274 e. The van der Waals surface area contributed by atoms with Crippen LogP contribution in [0.25, 0.3) is 5.57 Å². The number of hydrogen-bond donors (Lipinski definition) is 2. The second kappa shape index (κ2) is 10.4. The van der Waals surface area contributed by atoms with Crippen LogP contribution in [-0.2, 0) is 17.8 Å². The van der Waals surface area contributed by atoms with Crippen LogP contribution in [0.1, 0.15) is 48.1 Å². The van der Waals surface area contributed by atoms with Crippen molar-refractivity contribution >= 4 is 29.1 Å². The molecule has 1 unspecified atom stereocenters. The van der Waals surface area contributed by atoms with Crippen LogP contribution < -0.4 is 11.1 Å². The third-order valence-electron chi connectivity index (χ3n) is 6.80. The molecule has 0 radical (unpaired) electrons. The summed E-state index contributed by atoms with van der Waals surface area (Å²) in [5, 5.41) is 3.02. The van der Waals surface area contributed by atoms with Crippen LogP contribution in [0.3, 0.4) is 0 Å². The Labute approximate surface area is 200 Å². The van der Waals surface area contributed by atoms with Gasteiger partial charge in [-0.2, -0.15) is 0 Å². The molecule has 1 atom stereocenters. The molecule has 34 heavy (non-hydrogen) atoms. The number of allylic oxidation sites excluding steroid dienone is 1. The van der Waals surface area contributed by atoms with E-state index in [2.05, 4.69) is 43.4 Å². The summed E-state index contributed by atoms with van der Waals surface area (Å²) in [4.78, 5) is 29.3. The minimum absolute atomic E-state index is 0.190. The predicted octanol–water partition coefficient (Wildman–Crippen LogP) is 3.44. The SMILES string of the molecule is NCC1C=NC=C(c2ccc3c(c2)C(C(=O)Nc2ccc(CN4CCCC4)nc2)=NCCC3)C1. The molecule has 1 fully saturated rings. The molecule has 2 aromatic rings. The van der Waals surface area contributed by atoms with Gasteiger partial charge in [-0.25, -0.2) is 0 Å². The summed E-state index contributed by atoms with van der Waals surface area (Å²) in [6.45, 7) is 4.35. The Hall–Kier alpha value is -3.16. The van der Waals surface area contributed by atoms with Crippen LogP contribution in [-0.4, -0.2) is 53.9 Å². The summed E-state index contributed by atoms with van der Waals surface area (Å²) < 4.78 is 0. The van der Waals surface area contributed by atoms with Gasteiger partial charge in [-0.3, -0.25) is 24.7 Å². The van der Waals surface area contributed by atoms with Gasteiger partial charge in [0.2, 0.25) is 0 Å². The maximum atomic E-state index is 13.3. The van der Waals surface area contributed by atoms with Crippen LogP contribution in [0.4, 0.5) is 5.69 Å². The maximum absolute atomic E-state index is 13.3. The molecule has 7 heteroatoms. The molecule has 176 valence electrons. The number of hydrogen-bond acceptors (Lipinski definition) is 6. The number of nitrogens with one attached hydrogen (secondary N) is 1. The topological polar surface area (TPSA) is 96.0 Å². The highest BCUT2D eigenvalue weighted by atomic mass is 16.1. The van der Waals surface area contributed by atoms with Gasteiger partial charge in [0, 0.05) is 43.5 Å². The highest BCUT2D eigenvalue weighted by Crippen LogP contribution is 2.28. The standard InChI is InChI=1S/C27H32N6O/c28-14-19-12-22(16-29-15-19)21-6-5-20-4-3-9-30-26(25(20)13-21)27(34)32-23-7-8-24(31-17-23)18-33-10-1-2-11-33/h5-8,13,15-17,19H,1-4,9-12,14,18,28H2,(H,32,34). The third-order valence-corrected chi connectivity index (χ3v) is 6.80. The van der Waals surface area contributed by atoms with E-state index < -0.39 is 0 Å². The maximum Gasteiger partial charge on any atom is 0.274 e. The molecule has 1 amide bonds. The van der Waals surface area contributed by atoms with Gasteiger partial charge in [-0.05, 0) is 80.1 Å². The summed E-state index contributed by atoms with van der Waals surface area (Å²) in [6.07, 6.45) is 10.8. The molecule has 0 aliphatic carbocycles. The first-order valence-electron chi connectivity index (χ1n) is 12.3. The van der Waals surface area contributed by atoms with Crippen molar-refractivity contribution in [2.75, 3.05) is 31.5 Å². The van der Waals surface area contributed by atoms with Gasteiger partial charge in [-0.1, -0.05) is 12.1 Å². The monoisotopic (exact) mass is 456 g/mol. The number of likely N-dealkylation sites (tertiary alicyclic amines) is 1. The quantitative estimate of drug-likeness (QED) is 0.696. The molecule has 3 aliphatic heterocycles. The lowest BCUT2D eigenvalue weighted by atomic mass is 9.90. The summed E-state index contributed by atoms with van der Waals surface area (Å²) in [5.74, 6) is 0.0565. The average molecular weight is 457 g/mol. The van der Waals surface area contributed by atoms with E-state index >= 15 is 0 Å². The zero-order valence-corrected chi connectivity index (χ0v) is 19.5. The van der Waals surface area contributed by atoms with E-state index in [1.807, 2.05) is 24.5 Å². The summed E-state index contributed by atoms with van der Waals surface area (Å²) in [6, 6.07) is 10.3. The first-order valence-corrected chi connectivity index (χ1v) is 12.3. The highest BCUT2D eigenvalue weighted by Gasteiger charge is 2.22. The van der Waals surface area contributed by atoms with E-state index in [4.69, 9.17) is 5.73 Å². The van der Waals surface area contributed by atoms with E-state index in [-0.39, 0.29) is 11.8 Å². The molecule has 7 nitrogen and oxygen atoms in total. The fraction of sp³-hybridized carbons (Fsp3) is 0.407. The van der Waals surface area contributed by atoms with Crippen molar-refractivity contribution in [1.82, 2.24) is 9.88 Å². The number of nitrogens with zero attached hydrogens (tertiary/aromatic N) is 4. The summed E-state index contributed by atoms with van der Waals surface area (Å²) in [7, 11) is 0. The Morgan fingerprint density at radius 1 is 1.15 bits per heavy atom. The fourth-order valence-corrected chi connectivity index (χ4v) is 4.89. The van der Waals surface area contributed by atoms with Crippen molar-refractivity contribution in [1.29, 1.82) is 0 Å². The summed E-state index contributed by atoms with van der Waals surface area (Å²) in [5.41, 5.74) is 12.4. The molecule has 3 N–H and O–H groups in total. The van der Waals surface area contributed by atoms with Crippen molar-refractivity contribution < 1.29 is 4.79 Å². The fourth-order valence-electron chi connectivity index (χ4n) is 4.89. The molecular formula is C27H32N6O. The Kier molecular flexibility index (Phi) is 6.92. The molecular weight excluding hydrogens is 424 g/mol. The number of aliphatic imine (C=N–C) groups is 2. The average Bonchev–Trinajstić information content (AvgIpc) is 3.29. The first-order chi connectivity index (χ1) is 16.7. The van der Waals surface area contributed by atoms with Crippen LogP contribution in [0.2, 0.25) is 0 Å². The van der Waals surface area contributed by atoms with Crippen LogP contribution in [0, 0.1) is 5.92 Å². The lowest BCUT2D eigenvalue weighted by Crippen LogP contribution is -2.25. The third kappa shape index (κ3) is 5.16. The number of amides is 1. The number of benzene rings is 1. The minimum atomic E-state index is -0.190. The Morgan fingerprint density at radius 3 is 2.82 bits per heavy atom. The minimum Gasteiger partial charge on any atom is -0.330 e. The van der Waals surface area contributed by atoms with Gasteiger partial charge in [0.15, 0.2) is 0 Å². The largest absolute Gasteiger partial charge is 0.330 e. The van der Waals surface area contributed by atoms with Gasteiger partial charge in [0.25, 0.3) is 5.91 Å². The van der Waals surface area contributed by atoms with Gasteiger partial charge in [0.05, 0.1) is 17.6 Å². The van der Waals surface area contributed by atoms with Crippen molar-refractivity contribution in [2.45, 2.75) is 38.6 Å². The number of nitrogens with two attached hydrogens (primary N) is 1. The van der Waals surface area contributed by atoms with Crippen molar-refractivity contribution in [3.63, 3.8) is 0 Å². The number of aromatic nitrogens is 1. The number of anilines is 1. The zero-order valence-electron chi connectivity index (χ0n) is 19.5. The van der Waals surface area contributed by atoms with Crippen LogP contribution in [0.15, 0.2) is 52.7 Å². The van der Waals surface area contributed by atoms with Gasteiger partial charge < -0.3 is 11.1 Å². The second-order valence-electron chi connectivity index (χ2n) is 9.33. The number of aryl methyl sites for hydroxylation is 1. The van der Waals surface area contributed by atoms with Crippen molar-refractivity contribution in [3.8, 4) is 0 Å². The second-order valence-corrected chi connectivity index (χ2v) is 9.33. The number of rotatable bonds is 6. The first kappa shape index (κ1) is 22.6. The van der Waals surface area contributed by atoms with Gasteiger partial charge in [-0.15, -0.1) is 0 Å². The molecule has 4 heterocycles. The molecule has 0 spiro atoms. The molecule has 1 saturated heterocycles. The molecule has 0 bridgehead atoms. The van der Waals surface area contributed by atoms with E-state index in [0.717, 1.165) is 66.9 Å². The number of pyridine rings is 1. The molecule has 3 aliphatic rings. The van der Waals surface area contributed by atoms with E-state index in [1.165, 1.54) is 12.8 Å². The summed E-state index contributed by atoms with van der Waals surface area (Å²) >= 11 is 0.